The third kappa shape index (κ3) is 36.3. The van der Waals surface area contributed by atoms with Crippen molar-refractivity contribution in [3.05, 3.63) is 24.3 Å². The zero-order valence-electron chi connectivity index (χ0n) is 31.2. The lowest BCUT2D eigenvalue weighted by Gasteiger charge is -2.20. The molecule has 0 aromatic rings. The van der Waals surface area contributed by atoms with Crippen molar-refractivity contribution >= 4 is 13.8 Å². The fraction of sp³-hybridized carbons (Fsp3) is 0.872. The Morgan fingerprint density at radius 1 is 0.625 bits per heavy atom. The molecule has 0 rings (SSSR count). The minimum absolute atomic E-state index is 0.0947. The maximum absolute atomic E-state index is 12.2. The molecular formula is C39H76NO7P. The van der Waals surface area contributed by atoms with Gasteiger partial charge in [0.15, 0.2) is 0 Å². The summed E-state index contributed by atoms with van der Waals surface area (Å²) < 4.78 is 32.9. The van der Waals surface area contributed by atoms with Crippen LogP contribution in [0.15, 0.2) is 24.3 Å². The average Bonchev–Trinajstić information content (AvgIpc) is 3.07. The molecule has 0 amide bonds. The van der Waals surface area contributed by atoms with Crippen molar-refractivity contribution in [2.24, 2.45) is 5.73 Å². The highest BCUT2D eigenvalue weighted by Crippen LogP contribution is 2.43. The summed E-state index contributed by atoms with van der Waals surface area (Å²) in [5, 5.41) is 0. The third-order valence-corrected chi connectivity index (χ3v) is 9.36. The monoisotopic (exact) mass is 702 g/mol. The summed E-state index contributed by atoms with van der Waals surface area (Å²) in [5.41, 5.74) is 5.31. The molecule has 0 saturated carbocycles. The van der Waals surface area contributed by atoms with Crippen LogP contribution in [0.4, 0.5) is 0 Å². The molecule has 0 radical (unpaired) electrons. The van der Waals surface area contributed by atoms with Crippen LogP contribution in [0.3, 0.4) is 0 Å². The van der Waals surface area contributed by atoms with Gasteiger partial charge < -0.3 is 20.1 Å². The van der Waals surface area contributed by atoms with E-state index in [4.69, 9.17) is 24.3 Å². The lowest BCUT2D eigenvalue weighted by atomic mass is 10.0. The van der Waals surface area contributed by atoms with E-state index in [0.717, 1.165) is 38.5 Å². The molecule has 0 aliphatic carbocycles. The van der Waals surface area contributed by atoms with Crippen LogP contribution in [0.1, 0.15) is 181 Å². The van der Waals surface area contributed by atoms with Gasteiger partial charge in [0, 0.05) is 19.6 Å². The van der Waals surface area contributed by atoms with E-state index in [1.807, 2.05) is 0 Å². The average molecular weight is 702 g/mol. The first kappa shape index (κ1) is 47.0. The molecule has 0 spiro atoms. The lowest BCUT2D eigenvalue weighted by Crippen LogP contribution is -2.28. The molecular weight excluding hydrogens is 625 g/mol. The normalized spacial score (nSPS) is 13.8. The molecule has 0 fully saturated rings. The highest BCUT2D eigenvalue weighted by molar-refractivity contribution is 7.47. The molecule has 0 bridgehead atoms. The van der Waals surface area contributed by atoms with E-state index in [0.29, 0.717) is 13.0 Å². The molecule has 3 N–H and O–H groups in total. The van der Waals surface area contributed by atoms with E-state index in [2.05, 4.69) is 38.2 Å². The number of carbonyl (C=O) groups is 1. The van der Waals surface area contributed by atoms with Gasteiger partial charge >= 0.3 is 13.8 Å². The fourth-order valence-electron chi connectivity index (χ4n) is 5.44. The number of phosphoric acid groups is 1. The van der Waals surface area contributed by atoms with Gasteiger partial charge in [-0.2, -0.15) is 0 Å². The Kier molecular flexibility index (Phi) is 36.4. The number of hydrogen-bond acceptors (Lipinski definition) is 7. The van der Waals surface area contributed by atoms with Crippen molar-refractivity contribution in [1.82, 2.24) is 0 Å². The molecule has 0 aromatic carbocycles. The summed E-state index contributed by atoms with van der Waals surface area (Å²) in [6, 6.07) is 0. The van der Waals surface area contributed by atoms with E-state index < -0.39 is 13.9 Å². The summed E-state index contributed by atoms with van der Waals surface area (Å²) in [6.45, 7) is 4.74. The second-order valence-electron chi connectivity index (χ2n) is 13.1. The molecule has 284 valence electrons. The molecule has 8 nitrogen and oxygen atoms in total. The molecule has 2 unspecified atom stereocenters. The Labute approximate surface area is 296 Å². The summed E-state index contributed by atoms with van der Waals surface area (Å²) in [5.74, 6) is -0.354. The topological polar surface area (TPSA) is 117 Å². The van der Waals surface area contributed by atoms with Gasteiger partial charge in [-0.1, -0.05) is 154 Å². The van der Waals surface area contributed by atoms with Gasteiger partial charge in [0.05, 0.1) is 19.8 Å². The van der Waals surface area contributed by atoms with Gasteiger partial charge in [0.2, 0.25) is 0 Å². The van der Waals surface area contributed by atoms with Crippen LogP contribution in [0.5, 0.6) is 0 Å². The van der Waals surface area contributed by atoms with E-state index in [1.165, 1.54) is 122 Å². The number of unbranched alkanes of at least 4 members (excludes halogenated alkanes) is 21. The van der Waals surface area contributed by atoms with Crippen molar-refractivity contribution in [3.63, 3.8) is 0 Å². The summed E-state index contributed by atoms with van der Waals surface area (Å²) in [7, 11) is -4.25. The van der Waals surface area contributed by atoms with Gasteiger partial charge in [-0.05, 0) is 44.9 Å². The van der Waals surface area contributed by atoms with Crippen LogP contribution in [0, 0.1) is 0 Å². The van der Waals surface area contributed by atoms with Crippen molar-refractivity contribution in [2.75, 3.05) is 33.0 Å². The zero-order chi connectivity index (χ0) is 35.2. The van der Waals surface area contributed by atoms with Gasteiger partial charge in [0.1, 0.15) is 6.10 Å². The zero-order valence-corrected chi connectivity index (χ0v) is 32.1. The first-order chi connectivity index (χ1) is 23.4. The summed E-state index contributed by atoms with van der Waals surface area (Å²) >= 11 is 0. The summed E-state index contributed by atoms with van der Waals surface area (Å²) in [6.07, 6.45) is 40.0. The number of phosphoric ester groups is 1. The minimum atomic E-state index is -4.25. The van der Waals surface area contributed by atoms with Gasteiger partial charge in [-0.3, -0.25) is 13.8 Å². The Morgan fingerprint density at radius 3 is 1.62 bits per heavy atom. The molecule has 0 saturated heterocycles. The van der Waals surface area contributed by atoms with Crippen LogP contribution in [-0.4, -0.2) is 49.9 Å². The van der Waals surface area contributed by atoms with Crippen molar-refractivity contribution < 1.29 is 32.8 Å². The van der Waals surface area contributed by atoms with Gasteiger partial charge in [-0.25, -0.2) is 4.57 Å². The largest absolute Gasteiger partial charge is 0.472 e. The maximum Gasteiger partial charge on any atom is 0.472 e. The smallest absolute Gasteiger partial charge is 0.457 e. The number of nitrogens with two attached hydrogens (primary N) is 1. The van der Waals surface area contributed by atoms with E-state index >= 15 is 0 Å². The number of allylic oxidation sites excluding steroid dienone is 4. The highest BCUT2D eigenvalue weighted by atomic mass is 31.2. The predicted octanol–water partition coefficient (Wildman–Crippen LogP) is 11.3. The number of carbonyl (C=O) groups excluding carboxylic acids is 1. The Balaban J connectivity index is 3.66. The predicted molar refractivity (Wildman–Crippen MR) is 201 cm³/mol. The van der Waals surface area contributed by atoms with Crippen molar-refractivity contribution in [2.45, 2.75) is 187 Å². The Morgan fingerprint density at radius 2 is 1.10 bits per heavy atom. The van der Waals surface area contributed by atoms with Gasteiger partial charge in [0.25, 0.3) is 0 Å². The minimum Gasteiger partial charge on any atom is -0.457 e. The molecule has 0 aliphatic heterocycles. The first-order valence-corrected chi connectivity index (χ1v) is 21.3. The standard InChI is InChI=1S/C39H76NO7P/c1-3-5-7-8-9-10-11-12-13-14-15-16-17-18-19-20-21-22-23-24-25-26-27-28-29-31-34-44-36-38(47-39(41)32-30-6-4-2)37-46-48(42,43)45-35-33-40/h11-12,14-15,38H,3-10,13,16-37,40H2,1-2H3,(H,42,43)/b12-11-,15-14-. The molecule has 0 aromatic heterocycles. The second kappa shape index (κ2) is 37.2. The van der Waals surface area contributed by atoms with Crippen LogP contribution in [0.2, 0.25) is 0 Å². The van der Waals surface area contributed by atoms with Crippen molar-refractivity contribution in [1.29, 1.82) is 0 Å². The summed E-state index contributed by atoms with van der Waals surface area (Å²) in [4.78, 5) is 21.9. The van der Waals surface area contributed by atoms with Crippen molar-refractivity contribution in [3.8, 4) is 0 Å². The number of hydrogen-bond donors (Lipinski definition) is 2. The molecule has 0 heterocycles. The molecule has 0 aliphatic rings. The van der Waals surface area contributed by atoms with Crippen LogP contribution in [0.25, 0.3) is 0 Å². The Hall–Kier alpha value is -1.02. The Bertz CT molecular complexity index is 792. The molecule has 2 atom stereocenters. The lowest BCUT2D eigenvalue weighted by molar-refractivity contribution is -0.154. The number of esters is 1. The first-order valence-electron chi connectivity index (χ1n) is 19.8. The SMILES string of the molecule is CCCCCCC/C=C\C/C=C\CCCCCCCCCCCCCCCCOCC(COP(=O)(O)OCCN)OC(=O)CCCCC. The van der Waals surface area contributed by atoms with E-state index in [9.17, 15) is 14.3 Å². The van der Waals surface area contributed by atoms with E-state index in [-0.39, 0.29) is 32.3 Å². The third-order valence-electron chi connectivity index (χ3n) is 8.37. The number of rotatable bonds is 38. The second-order valence-corrected chi connectivity index (χ2v) is 14.6. The fourth-order valence-corrected chi connectivity index (χ4v) is 6.20. The number of ether oxygens (including phenoxy) is 2. The van der Waals surface area contributed by atoms with Gasteiger partial charge in [-0.15, -0.1) is 0 Å². The quantitative estimate of drug-likeness (QED) is 0.0283. The van der Waals surface area contributed by atoms with E-state index in [1.54, 1.807) is 0 Å². The van der Waals surface area contributed by atoms with Crippen LogP contribution < -0.4 is 5.73 Å². The maximum atomic E-state index is 12.2. The molecule has 48 heavy (non-hydrogen) atoms. The van der Waals surface area contributed by atoms with Crippen LogP contribution in [-0.2, 0) is 27.9 Å². The molecule has 9 heteroatoms. The van der Waals surface area contributed by atoms with Crippen LogP contribution >= 0.6 is 7.82 Å². The highest BCUT2D eigenvalue weighted by Gasteiger charge is 2.25.